The molecule has 0 radical (unpaired) electrons. The molecule has 2 aromatic rings. The van der Waals surface area contributed by atoms with Crippen LogP contribution in [0.15, 0.2) is 36.4 Å². The van der Waals surface area contributed by atoms with Gasteiger partial charge in [0.15, 0.2) is 0 Å². The van der Waals surface area contributed by atoms with Crippen molar-refractivity contribution in [2.45, 2.75) is 58.1 Å². The van der Waals surface area contributed by atoms with Gasteiger partial charge < -0.3 is 9.84 Å². The molecule has 4 rings (SSSR count). The summed E-state index contributed by atoms with van der Waals surface area (Å²) in [6.07, 6.45) is 6.60. The van der Waals surface area contributed by atoms with Gasteiger partial charge in [-0.05, 0) is 55.5 Å². The number of likely N-dealkylation sites (tertiary alicyclic amines) is 1. The van der Waals surface area contributed by atoms with Gasteiger partial charge in [0.05, 0.1) is 12.7 Å². The van der Waals surface area contributed by atoms with Crippen LogP contribution < -0.4 is 4.74 Å². The van der Waals surface area contributed by atoms with Gasteiger partial charge in [-0.25, -0.2) is 0 Å². The predicted molar refractivity (Wildman–Crippen MR) is 107 cm³/mol. The largest absolute Gasteiger partial charge is 0.493 e. The molecule has 3 nitrogen and oxygen atoms in total. The van der Waals surface area contributed by atoms with E-state index in [0.29, 0.717) is 0 Å². The Morgan fingerprint density at radius 2 is 2.00 bits per heavy atom. The molecule has 0 bridgehead atoms. The van der Waals surface area contributed by atoms with Gasteiger partial charge in [-0.3, -0.25) is 4.90 Å². The third-order valence-corrected chi connectivity index (χ3v) is 6.39. The van der Waals surface area contributed by atoms with Crippen LogP contribution in [0.25, 0.3) is 10.8 Å². The van der Waals surface area contributed by atoms with E-state index in [0.717, 1.165) is 44.8 Å². The lowest BCUT2D eigenvalue weighted by Gasteiger charge is -2.42. The van der Waals surface area contributed by atoms with E-state index in [2.05, 4.69) is 48.2 Å². The van der Waals surface area contributed by atoms with Crippen molar-refractivity contribution in [3.05, 3.63) is 42.0 Å². The van der Waals surface area contributed by atoms with Crippen molar-refractivity contribution in [1.82, 2.24) is 4.90 Å². The lowest BCUT2D eigenvalue weighted by molar-refractivity contribution is -0.0120. The number of fused-ring (bicyclic) bond motifs is 1. The summed E-state index contributed by atoms with van der Waals surface area (Å²) in [5.74, 6) is 1.03. The number of piperidine rings is 1. The van der Waals surface area contributed by atoms with Crippen LogP contribution in [0, 0.1) is 5.41 Å². The zero-order valence-electron chi connectivity index (χ0n) is 15.9. The average Bonchev–Trinajstić information content (AvgIpc) is 3.00. The lowest BCUT2D eigenvalue weighted by atomic mass is 9.76. The number of hydrogen-bond donors (Lipinski definition) is 1. The van der Waals surface area contributed by atoms with Crippen LogP contribution in [-0.2, 0) is 6.54 Å². The Labute approximate surface area is 157 Å². The molecule has 1 heterocycles. The fraction of sp³-hybridized carbons (Fsp3) is 0.565. The quantitative estimate of drug-likeness (QED) is 0.841. The molecule has 1 aliphatic carbocycles. The van der Waals surface area contributed by atoms with Gasteiger partial charge in [-0.1, -0.05) is 43.7 Å². The molecule has 0 amide bonds. The number of aliphatic hydroxyl groups is 1. The Balaban J connectivity index is 1.63. The summed E-state index contributed by atoms with van der Waals surface area (Å²) >= 11 is 0. The molecule has 140 valence electrons. The highest BCUT2D eigenvalue weighted by molar-refractivity contribution is 5.87. The molecule has 26 heavy (non-hydrogen) atoms. The van der Waals surface area contributed by atoms with E-state index in [4.69, 9.17) is 4.74 Å². The third kappa shape index (κ3) is 3.35. The fourth-order valence-electron chi connectivity index (χ4n) is 5.04. The molecule has 1 N–H and O–H groups in total. The zero-order chi connectivity index (χ0) is 18.0. The summed E-state index contributed by atoms with van der Waals surface area (Å²) in [5, 5.41) is 13.2. The summed E-state index contributed by atoms with van der Waals surface area (Å²) in [4.78, 5) is 2.55. The van der Waals surface area contributed by atoms with Gasteiger partial charge in [0.1, 0.15) is 5.75 Å². The Bertz CT molecular complexity index is 759. The second-order valence-corrected chi connectivity index (χ2v) is 8.20. The maximum atomic E-state index is 10.6. The van der Waals surface area contributed by atoms with Gasteiger partial charge >= 0.3 is 0 Å². The first kappa shape index (κ1) is 17.8. The third-order valence-electron chi connectivity index (χ3n) is 6.39. The molecule has 0 aromatic heterocycles. The zero-order valence-corrected chi connectivity index (χ0v) is 15.9. The van der Waals surface area contributed by atoms with Crippen molar-refractivity contribution in [1.29, 1.82) is 0 Å². The number of aliphatic hydroxyl groups excluding tert-OH is 1. The molecule has 0 unspecified atom stereocenters. The van der Waals surface area contributed by atoms with Gasteiger partial charge in [-0.2, -0.15) is 0 Å². The number of benzene rings is 2. The fourth-order valence-corrected chi connectivity index (χ4v) is 5.04. The highest BCUT2D eigenvalue weighted by Gasteiger charge is 2.44. The standard InChI is InChI=1S/C23H31NO2/c1-2-15-26-21-11-10-18-7-3-4-8-19(18)20(21)16-24-14-6-13-23(17-24)12-5-9-22(23)25/h3-4,7-8,10-11,22,25H,2,5-6,9,12-17H2,1H3/t22-,23-/m1/s1. The highest BCUT2D eigenvalue weighted by Crippen LogP contribution is 2.45. The first-order chi connectivity index (χ1) is 12.7. The topological polar surface area (TPSA) is 32.7 Å². The van der Waals surface area contributed by atoms with Gasteiger partial charge in [0, 0.05) is 24.1 Å². The Hall–Kier alpha value is -1.58. The number of rotatable bonds is 5. The number of nitrogens with zero attached hydrogens (tertiary/aromatic N) is 1. The van der Waals surface area contributed by atoms with E-state index in [1.807, 2.05) is 0 Å². The smallest absolute Gasteiger partial charge is 0.124 e. The lowest BCUT2D eigenvalue weighted by Crippen LogP contribution is -2.46. The van der Waals surface area contributed by atoms with E-state index in [1.165, 1.54) is 42.0 Å². The second kappa shape index (κ2) is 7.58. The summed E-state index contributed by atoms with van der Waals surface area (Å²) in [6, 6.07) is 12.9. The van der Waals surface area contributed by atoms with Crippen molar-refractivity contribution < 1.29 is 9.84 Å². The van der Waals surface area contributed by atoms with E-state index in [9.17, 15) is 5.11 Å². The van der Waals surface area contributed by atoms with Crippen LogP contribution in [0.5, 0.6) is 5.75 Å². The number of ether oxygens (including phenoxy) is 1. The molecule has 1 aliphatic heterocycles. The predicted octanol–water partition coefficient (Wildman–Crippen LogP) is 4.76. The van der Waals surface area contributed by atoms with E-state index < -0.39 is 0 Å². The highest BCUT2D eigenvalue weighted by atomic mass is 16.5. The maximum absolute atomic E-state index is 10.6. The van der Waals surface area contributed by atoms with Crippen molar-refractivity contribution in [2.24, 2.45) is 5.41 Å². The van der Waals surface area contributed by atoms with Gasteiger partial charge in [0.2, 0.25) is 0 Å². The molecule has 2 aromatic carbocycles. The molecule has 1 spiro atoms. The molecule has 1 saturated heterocycles. The minimum Gasteiger partial charge on any atom is -0.493 e. The second-order valence-electron chi connectivity index (χ2n) is 8.20. The molecule has 2 atom stereocenters. The van der Waals surface area contributed by atoms with Crippen molar-refractivity contribution in [3.8, 4) is 5.75 Å². The average molecular weight is 354 g/mol. The molecule has 1 saturated carbocycles. The van der Waals surface area contributed by atoms with Crippen LogP contribution >= 0.6 is 0 Å². The monoisotopic (exact) mass is 353 g/mol. The summed E-state index contributed by atoms with van der Waals surface area (Å²) in [5.41, 5.74) is 1.44. The minimum atomic E-state index is -0.117. The van der Waals surface area contributed by atoms with E-state index >= 15 is 0 Å². The van der Waals surface area contributed by atoms with Crippen molar-refractivity contribution >= 4 is 10.8 Å². The van der Waals surface area contributed by atoms with E-state index in [-0.39, 0.29) is 11.5 Å². The van der Waals surface area contributed by atoms with Crippen LogP contribution in [0.3, 0.4) is 0 Å². The molecular formula is C23H31NO2. The van der Waals surface area contributed by atoms with Crippen LogP contribution in [0.1, 0.15) is 51.0 Å². The van der Waals surface area contributed by atoms with Crippen molar-refractivity contribution in [2.75, 3.05) is 19.7 Å². The number of hydrogen-bond acceptors (Lipinski definition) is 3. The molecule has 2 fully saturated rings. The van der Waals surface area contributed by atoms with Crippen LogP contribution in [0.2, 0.25) is 0 Å². The van der Waals surface area contributed by atoms with Gasteiger partial charge in [-0.15, -0.1) is 0 Å². The van der Waals surface area contributed by atoms with E-state index in [1.54, 1.807) is 0 Å². The first-order valence-corrected chi connectivity index (χ1v) is 10.3. The Morgan fingerprint density at radius 3 is 2.81 bits per heavy atom. The Kier molecular flexibility index (Phi) is 5.19. The summed E-state index contributed by atoms with van der Waals surface area (Å²) < 4.78 is 6.10. The first-order valence-electron chi connectivity index (χ1n) is 10.3. The van der Waals surface area contributed by atoms with Gasteiger partial charge in [0.25, 0.3) is 0 Å². The molecule has 3 heteroatoms. The summed E-state index contributed by atoms with van der Waals surface area (Å²) in [7, 11) is 0. The SMILES string of the molecule is CCCOc1ccc2ccccc2c1CN1CCC[C@]2(CCC[C@H]2O)C1. The van der Waals surface area contributed by atoms with Crippen LogP contribution in [0.4, 0.5) is 0 Å². The van der Waals surface area contributed by atoms with Crippen molar-refractivity contribution in [3.63, 3.8) is 0 Å². The normalized spacial score (nSPS) is 26.6. The minimum absolute atomic E-state index is 0.117. The summed E-state index contributed by atoms with van der Waals surface area (Å²) in [6.45, 7) is 5.95. The Morgan fingerprint density at radius 1 is 1.15 bits per heavy atom. The maximum Gasteiger partial charge on any atom is 0.124 e. The van der Waals surface area contributed by atoms with Crippen LogP contribution in [-0.4, -0.2) is 35.8 Å². The molecule has 2 aliphatic rings. The molecular weight excluding hydrogens is 322 g/mol.